The van der Waals surface area contributed by atoms with E-state index in [-0.39, 0.29) is 18.4 Å². The van der Waals surface area contributed by atoms with Gasteiger partial charge in [-0.05, 0) is 35.7 Å². The van der Waals surface area contributed by atoms with Crippen molar-refractivity contribution in [2.45, 2.75) is 39.7 Å². The number of amides is 2. The molecular weight excluding hydrogens is 340 g/mol. The number of hydrazine groups is 1. The number of hydrogen-bond donors (Lipinski definition) is 2. The molecular formula is C21H24N4O2. The molecule has 140 valence electrons. The van der Waals surface area contributed by atoms with Crippen molar-refractivity contribution >= 4 is 22.8 Å². The molecule has 0 aliphatic heterocycles. The predicted octanol–water partition coefficient (Wildman–Crippen LogP) is 3.18. The number of hydrogen-bond acceptors (Lipinski definition) is 3. The number of para-hydroxylation sites is 2. The molecule has 3 aromatic rings. The molecule has 3 rings (SSSR count). The highest BCUT2D eigenvalue weighted by atomic mass is 16.2. The van der Waals surface area contributed by atoms with Gasteiger partial charge in [0.1, 0.15) is 12.4 Å². The fourth-order valence-electron chi connectivity index (χ4n) is 2.97. The normalized spacial score (nSPS) is 11.0. The molecule has 0 aliphatic rings. The van der Waals surface area contributed by atoms with E-state index in [1.807, 2.05) is 47.9 Å². The summed E-state index contributed by atoms with van der Waals surface area (Å²) in [6.07, 6.45) is 0.719. The third-order valence-corrected chi connectivity index (χ3v) is 4.51. The number of carbonyl (C=O) groups excluding carboxylic acids is 2. The summed E-state index contributed by atoms with van der Waals surface area (Å²) in [5.74, 6) is 0.589. The van der Waals surface area contributed by atoms with Crippen molar-refractivity contribution < 1.29 is 9.59 Å². The number of nitrogens with one attached hydrogen (secondary N) is 2. The lowest BCUT2D eigenvalue weighted by molar-refractivity contribution is -0.122. The van der Waals surface area contributed by atoms with Crippen LogP contribution in [-0.2, 0) is 17.8 Å². The van der Waals surface area contributed by atoms with Crippen molar-refractivity contribution in [2.75, 3.05) is 0 Å². The maximum atomic E-state index is 12.3. The molecule has 0 unspecified atom stereocenters. The summed E-state index contributed by atoms with van der Waals surface area (Å²) in [7, 11) is 0. The van der Waals surface area contributed by atoms with Gasteiger partial charge in [0, 0.05) is 12.0 Å². The van der Waals surface area contributed by atoms with Crippen LogP contribution in [0.25, 0.3) is 11.0 Å². The minimum atomic E-state index is -0.343. The number of aryl methyl sites for hydroxylation is 1. The van der Waals surface area contributed by atoms with E-state index in [4.69, 9.17) is 0 Å². The molecule has 0 spiro atoms. The third kappa shape index (κ3) is 4.16. The van der Waals surface area contributed by atoms with Crippen LogP contribution in [0.1, 0.15) is 48.4 Å². The van der Waals surface area contributed by atoms with Gasteiger partial charge in [-0.2, -0.15) is 0 Å². The Morgan fingerprint density at radius 3 is 2.41 bits per heavy atom. The summed E-state index contributed by atoms with van der Waals surface area (Å²) in [6.45, 7) is 6.29. The van der Waals surface area contributed by atoms with Gasteiger partial charge in [-0.3, -0.25) is 20.4 Å². The van der Waals surface area contributed by atoms with E-state index in [9.17, 15) is 9.59 Å². The Balaban J connectivity index is 1.64. The SMILES string of the molecule is CCc1nc2ccccc2n1CC(=O)NNC(=O)c1ccc(C(C)C)cc1. The number of imidazole rings is 1. The van der Waals surface area contributed by atoms with Crippen molar-refractivity contribution in [3.63, 3.8) is 0 Å². The second-order valence-electron chi connectivity index (χ2n) is 6.74. The molecule has 6 nitrogen and oxygen atoms in total. The van der Waals surface area contributed by atoms with Gasteiger partial charge in [-0.15, -0.1) is 0 Å². The average Bonchev–Trinajstić information content (AvgIpc) is 3.04. The fourth-order valence-corrected chi connectivity index (χ4v) is 2.97. The van der Waals surface area contributed by atoms with Crippen molar-refractivity contribution in [2.24, 2.45) is 0 Å². The molecule has 0 saturated heterocycles. The highest BCUT2D eigenvalue weighted by Crippen LogP contribution is 2.16. The zero-order valence-corrected chi connectivity index (χ0v) is 15.8. The van der Waals surface area contributed by atoms with Crippen LogP contribution in [0.2, 0.25) is 0 Å². The van der Waals surface area contributed by atoms with Gasteiger partial charge in [0.25, 0.3) is 11.8 Å². The van der Waals surface area contributed by atoms with Crippen molar-refractivity contribution in [1.29, 1.82) is 0 Å². The molecule has 2 aromatic carbocycles. The van der Waals surface area contributed by atoms with Gasteiger partial charge in [0.05, 0.1) is 11.0 Å². The van der Waals surface area contributed by atoms with E-state index in [1.54, 1.807) is 12.1 Å². The number of carbonyl (C=O) groups is 2. The second-order valence-corrected chi connectivity index (χ2v) is 6.74. The number of aromatic nitrogens is 2. The van der Waals surface area contributed by atoms with Crippen LogP contribution < -0.4 is 10.9 Å². The minimum absolute atomic E-state index is 0.0935. The lowest BCUT2D eigenvalue weighted by Gasteiger charge is -2.11. The first-order valence-corrected chi connectivity index (χ1v) is 9.13. The van der Waals surface area contributed by atoms with Crippen molar-refractivity contribution in [3.8, 4) is 0 Å². The van der Waals surface area contributed by atoms with Crippen LogP contribution >= 0.6 is 0 Å². The summed E-state index contributed by atoms with van der Waals surface area (Å²) in [6, 6.07) is 15.1. The number of benzene rings is 2. The molecule has 2 N–H and O–H groups in total. The highest BCUT2D eigenvalue weighted by molar-refractivity contribution is 5.95. The standard InChI is InChI=1S/C21H24N4O2/c1-4-19-22-17-7-5-6-8-18(17)25(19)13-20(26)23-24-21(27)16-11-9-15(10-12-16)14(2)3/h5-12,14H,4,13H2,1-3H3,(H,23,26)(H,24,27). The Morgan fingerprint density at radius 2 is 1.74 bits per heavy atom. The van der Waals surface area contributed by atoms with E-state index in [0.717, 1.165) is 28.8 Å². The van der Waals surface area contributed by atoms with E-state index in [2.05, 4.69) is 29.7 Å². The Kier molecular flexibility index (Phi) is 5.54. The van der Waals surface area contributed by atoms with Crippen molar-refractivity contribution in [1.82, 2.24) is 20.4 Å². The molecule has 6 heteroatoms. The molecule has 0 aliphatic carbocycles. The largest absolute Gasteiger partial charge is 0.318 e. The zero-order chi connectivity index (χ0) is 19.4. The van der Waals surface area contributed by atoms with Crippen LogP contribution in [0.15, 0.2) is 48.5 Å². The molecule has 27 heavy (non-hydrogen) atoms. The Hall–Kier alpha value is -3.15. The number of nitrogens with zero attached hydrogens (tertiary/aromatic N) is 2. The molecule has 1 aromatic heterocycles. The van der Waals surface area contributed by atoms with E-state index in [0.29, 0.717) is 11.5 Å². The monoisotopic (exact) mass is 364 g/mol. The van der Waals surface area contributed by atoms with E-state index < -0.39 is 0 Å². The van der Waals surface area contributed by atoms with Gasteiger partial charge >= 0.3 is 0 Å². The first kappa shape index (κ1) is 18.6. The summed E-state index contributed by atoms with van der Waals surface area (Å²) in [4.78, 5) is 29.1. The molecule has 0 saturated carbocycles. The Morgan fingerprint density at radius 1 is 1.04 bits per heavy atom. The first-order valence-electron chi connectivity index (χ1n) is 9.13. The number of fused-ring (bicyclic) bond motifs is 1. The molecule has 2 amide bonds. The summed E-state index contributed by atoms with van der Waals surface area (Å²) in [5, 5.41) is 0. The maximum absolute atomic E-state index is 12.3. The van der Waals surface area contributed by atoms with Crippen molar-refractivity contribution in [3.05, 3.63) is 65.5 Å². The molecule has 0 fully saturated rings. The Bertz CT molecular complexity index is 958. The van der Waals surface area contributed by atoms with Crippen LogP contribution in [-0.4, -0.2) is 21.4 Å². The van der Waals surface area contributed by atoms with Gasteiger partial charge in [-0.25, -0.2) is 4.98 Å². The van der Waals surface area contributed by atoms with E-state index >= 15 is 0 Å². The lowest BCUT2D eigenvalue weighted by Crippen LogP contribution is -2.43. The van der Waals surface area contributed by atoms with E-state index in [1.165, 1.54) is 0 Å². The minimum Gasteiger partial charge on any atom is -0.318 e. The van der Waals surface area contributed by atoms with Gasteiger partial charge < -0.3 is 4.57 Å². The molecule has 0 atom stereocenters. The molecule has 1 heterocycles. The van der Waals surface area contributed by atoms with Gasteiger partial charge in [0.15, 0.2) is 0 Å². The first-order chi connectivity index (χ1) is 13.0. The van der Waals surface area contributed by atoms with Crippen LogP contribution in [0.4, 0.5) is 0 Å². The summed E-state index contributed by atoms with van der Waals surface area (Å²) >= 11 is 0. The summed E-state index contributed by atoms with van der Waals surface area (Å²) in [5.41, 5.74) is 8.38. The summed E-state index contributed by atoms with van der Waals surface area (Å²) < 4.78 is 1.87. The quantitative estimate of drug-likeness (QED) is 0.683. The molecule has 0 radical (unpaired) electrons. The van der Waals surface area contributed by atoms with Crippen LogP contribution in [0.5, 0.6) is 0 Å². The van der Waals surface area contributed by atoms with Crippen LogP contribution in [0.3, 0.4) is 0 Å². The zero-order valence-electron chi connectivity index (χ0n) is 15.8. The van der Waals surface area contributed by atoms with Crippen LogP contribution in [0, 0.1) is 0 Å². The van der Waals surface area contributed by atoms with Gasteiger partial charge in [-0.1, -0.05) is 45.0 Å². The Labute approximate surface area is 158 Å². The second kappa shape index (κ2) is 8.03. The fraction of sp³-hybridized carbons (Fsp3) is 0.286. The smallest absolute Gasteiger partial charge is 0.269 e. The average molecular weight is 364 g/mol. The predicted molar refractivity (Wildman–Crippen MR) is 105 cm³/mol. The lowest BCUT2D eigenvalue weighted by atomic mass is 10.0. The van der Waals surface area contributed by atoms with Gasteiger partial charge in [0.2, 0.25) is 0 Å². The topological polar surface area (TPSA) is 76.0 Å². The highest BCUT2D eigenvalue weighted by Gasteiger charge is 2.13. The maximum Gasteiger partial charge on any atom is 0.269 e. The molecule has 0 bridgehead atoms. The third-order valence-electron chi connectivity index (χ3n) is 4.51. The number of rotatable bonds is 5.